The van der Waals surface area contributed by atoms with Crippen LogP contribution in [0.4, 0.5) is 4.79 Å². The smallest absolute Gasteiger partial charge is 0.338 e. The average Bonchev–Trinajstić information content (AvgIpc) is 2.60. The lowest BCUT2D eigenvalue weighted by molar-refractivity contribution is -0.139. The Bertz CT molecular complexity index is 653. The fraction of sp³-hybridized carbons (Fsp3) is 0.474. The van der Waals surface area contributed by atoms with Crippen LogP contribution < -0.4 is 16.0 Å². The van der Waals surface area contributed by atoms with E-state index in [1.165, 1.54) is 0 Å². The van der Waals surface area contributed by atoms with E-state index in [1.54, 1.807) is 6.92 Å². The third-order valence-electron chi connectivity index (χ3n) is 4.41. The van der Waals surface area contributed by atoms with E-state index in [0.29, 0.717) is 17.8 Å². The molecule has 1 aliphatic rings. The summed E-state index contributed by atoms with van der Waals surface area (Å²) >= 11 is 0. The Morgan fingerprint density at radius 2 is 1.92 bits per heavy atom. The summed E-state index contributed by atoms with van der Waals surface area (Å²) in [5.41, 5.74) is 1.72. The highest BCUT2D eigenvalue weighted by Gasteiger charge is 2.33. The van der Waals surface area contributed by atoms with Crippen LogP contribution in [-0.4, -0.2) is 30.7 Å². The van der Waals surface area contributed by atoms with Gasteiger partial charge >= 0.3 is 12.0 Å². The SMILES string of the molecule is CCOC(=O)C1=C(CNC(C)(C)CC)NC(=O)N[C@@H]1c1ccccc1. The molecule has 1 heterocycles. The predicted octanol–water partition coefficient (Wildman–Crippen LogP) is 2.64. The number of benzene rings is 1. The van der Waals surface area contributed by atoms with E-state index in [-0.39, 0.29) is 18.2 Å². The topological polar surface area (TPSA) is 79.5 Å². The van der Waals surface area contributed by atoms with Gasteiger partial charge in [-0.05, 0) is 32.8 Å². The van der Waals surface area contributed by atoms with Gasteiger partial charge in [0.05, 0.1) is 18.2 Å². The molecular formula is C19H27N3O3. The van der Waals surface area contributed by atoms with Gasteiger partial charge < -0.3 is 20.7 Å². The fourth-order valence-electron chi connectivity index (χ4n) is 2.56. The van der Waals surface area contributed by atoms with E-state index in [0.717, 1.165) is 12.0 Å². The van der Waals surface area contributed by atoms with Crippen molar-refractivity contribution in [2.24, 2.45) is 0 Å². The summed E-state index contributed by atoms with van der Waals surface area (Å²) in [7, 11) is 0. The number of nitrogens with one attached hydrogen (secondary N) is 3. The first-order valence-corrected chi connectivity index (χ1v) is 8.65. The van der Waals surface area contributed by atoms with Gasteiger partial charge in [-0.15, -0.1) is 0 Å². The van der Waals surface area contributed by atoms with Gasteiger partial charge in [-0.1, -0.05) is 37.3 Å². The van der Waals surface area contributed by atoms with Crippen LogP contribution in [0, 0.1) is 0 Å². The molecule has 0 saturated heterocycles. The van der Waals surface area contributed by atoms with E-state index >= 15 is 0 Å². The van der Waals surface area contributed by atoms with Crippen LogP contribution in [0.15, 0.2) is 41.6 Å². The second-order valence-electron chi connectivity index (χ2n) is 6.65. The van der Waals surface area contributed by atoms with Crippen molar-refractivity contribution in [1.29, 1.82) is 0 Å². The van der Waals surface area contributed by atoms with E-state index < -0.39 is 12.0 Å². The molecule has 1 aromatic carbocycles. The zero-order valence-electron chi connectivity index (χ0n) is 15.3. The van der Waals surface area contributed by atoms with Gasteiger partial charge in [0.1, 0.15) is 0 Å². The number of carbonyl (C=O) groups is 2. The summed E-state index contributed by atoms with van der Waals surface area (Å²) in [5, 5.41) is 8.98. The normalized spacial score (nSPS) is 17.8. The Morgan fingerprint density at radius 3 is 2.52 bits per heavy atom. The molecule has 136 valence electrons. The van der Waals surface area contributed by atoms with Gasteiger partial charge in [-0.2, -0.15) is 0 Å². The Balaban J connectivity index is 2.41. The van der Waals surface area contributed by atoms with Gasteiger partial charge in [0, 0.05) is 17.8 Å². The molecule has 6 nitrogen and oxygen atoms in total. The first kappa shape index (κ1) is 19.0. The molecule has 0 saturated carbocycles. The van der Waals surface area contributed by atoms with Crippen LogP contribution in [0.3, 0.4) is 0 Å². The average molecular weight is 345 g/mol. The molecule has 0 bridgehead atoms. The van der Waals surface area contributed by atoms with E-state index in [4.69, 9.17) is 4.74 Å². The van der Waals surface area contributed by atoms with Crippen LogP contribution >= 0.6 is 0 Å². The summed E-state index contributed by atoms with van der Waals surface area (Å²) in [6, 6.07) is 8.57. The van der Waals surface area contributed by atoms with Gasteiger partial charge in [0.2, 0.25) is 0 Å². The summed E-state index contributed by atoms with van der Waals surface area (Å²) in [4.78, 5) is 24.7. The van der Waals surface area contributed by atoms with Crippen LogP contribution in [0.5, 0.6) is 0 Å². The van der Waals surface area contributed by atoms with Crippen molar-refractivity contribution in [3.05, 3.63) is 47.2 Å². The molecule has 1 atom stereocenters. The third-order valence-corrected chi connectivity index (χ3v) is 4.41. The molecule has 3 N–H and O–H groups in total. The number of hydrogen-bond donors (Lipinski definition) is 3. The minimum absolute atomic E-state index is 0.107. The molecule has 0 unspecified atom stereocenters. The second kappa shape index (κ2) is 8.16. The molecule has 1 aliphatic heterocycles. The lowest BCUT2D eigenvalue weighted by Crippen LogP contribution is -2.50. The summed E-state index contributed by atoms with van der Waals surface area (Å²) < 4.78 is 5.24. The quantitative estimate of drug-likeness (QED) is 0.664. The molecule has 0 spiro atoms. The minimum atomic E-state index is -0.532. The second-order valence-corrected chi connectivity index (χ2v) is 6.65. The minimum Gasteiger partial charge on any atom is -0.463 e. The monoisotopic (exact) mass is 345 g/mol. The maximum absolute atomic E-state index is 12.6. The first-order valence-electron chi connectivity index (χ1n) is 8.65. The van der Waals surface area contributed by atoms with Crippen molar-refractivity contribution in [3.63, 3.8) is 0 Å². The molecule has 1 aromatic rings. The maximum Gasteiger partial charge on any atom is 0.338 e. The van der Waals surface area contributed by atoms with Crippen molar-refractivity contribution < 1.29 is 14.3 Å². The maximum atomic E-state index is 12.6. The number of urea groups is 1. The molecule has 0 radical (unpaired) electrons. The number of amides is 2. The molecule has 25 heavy (non-hydrogen) atoms. The Hall–Kier alpha value is -2.34. The number of rotatable bonds is 7. The van der Waals surface area contributed by atoms with Crippen molar-refractivity contribution in [2.45, 2.75) is 45.7 Å². The van der Waals surface area contributed by atoms with Crippen LogP contribution in [-0.2, 0) is 9.53 Å². The lowest BCUT2D eigenvalue weighted by atomic mass is 9.94. The van der Waals surface area contributed by atoms with Crippen molar-refractivity contribution in [3.8, 4) is 0 Å². The van der Waals surface area contributed by atoms with E-state index in [2.05, 4.69) is 36.7 Å². The summed E-state index contributed by atoms with van der Waals surface area (Å²) in [6.45, 7) is 8.67. The standard InChI is InChI=1S/C19H27N3O3/c1-5-19(3,4)20-12-14-15(17(23)25-6-2)16(22-18(24)21-14)13-10-8-7-9-11-13/h7-11,16,20H,5-6,12H2,1-4H3,(H2,21,22,24)/t16-/m1/s1. The Morgan fingerprint density at radius 1 is 1.24 bits per heavy atom. The van der Waals surface area contributed by atoms with Gasteiger partial charge in [0.15, 0.2) is 0 Å². The zero-order valence-corrected chi connectivity index (χ0v) is 15.3. The van der Waals surface area contributed by atoms with Crippen LogP contribution in [0.1, 0.15) is 45.7 Å². The molecule has 2 rings (SSSR count). The first-order chi connectivity index (χ1) is 11.9. The summed E-state index contributed by atoms with van der Waals surface area (Å²) in [6.07, 6.45) is 0.920. The van der Waals surface area contributed by atoms with Gasteiger partial charge in [0.25, 0.3) is 0 Å². The number of carbonyl (C=O) groups excluding carboxylic acids is 2. The highest BCUT2D eigenvalue weighted by atomic mass is 16.5. The largest absolute Gasteiger partial charge is 0.463 e. The Kier molecular flexibility index (Phi) is 6.20. The van der Waals surface area contributed by atoms with Crippen molar-refractivity contribution >= 4 is 12.0 Å². The molecular weight excluding hydrogens is 318 g/mol. The van der Waals surface area contributed by atoms with Crippen molar-refractivity contribution in [2.75, 3.05) is 13.2 Å². The number of hydrogen-bond acceptors (Lipinski definition) is 4. The third kappa shape index (κ3) is 4.82. The zero-order chi connectivity index (χ0) is 18.4. The molecule has 0 fully saturated rings. The summed E-state index contributed by atoms with van der Waals surface area (Å²) in [5.74, 6) is -0.421. The predicted molar refractivity (Wildman–Crippen MR) is 96.9 cm³/mol. The van der Waals surface area contributed by atoms with E-state index in [9.17, 15) is 9.59 Å². The molecule has 0 aromatic heterocycles. The van der Waals surface area contributed by atoms with Crippen LogP contribution in [0.2, 0.25) is 0 Å². The number of esters is 1. The highest BCUT2D eigenvalue weighted by molar-refractivity contribution is 5.95. The fourth-order valence-corrected chi connectivity index (χ4v) is 2.56. The molecule has 0 aliphatic carbocycles. The van der Waals surface area contributed by atoms with Crippen LogP contribution in [0.25, 0.3) is 0 Å². The van der Waals surface area contributed by atoms with Gasteiger partial charge in [-0.25, -0.2) is 9.59 Å². The molecule has 6 heteroatoms. The number of ether oxygens (including phenoxy) is 1. The lowest BCUT2D eigenvalue weighted by Gasteiger charge is -2.32. The van der Waals surface area contributed by atoms with Gasteiger partial charge in [-0.3, -0.25) is 0 Å². The van der Waals surface area contributed by atoms with Crippen molar-refractivity contribution in [1.82, 2.24) is 16.0 Å². The highest BCUT2D eigenvalue weighted by Crippen LogP contribution is 2.27. The molecule has 2 amide bonds. The van der Waals surface area contributed by atoms with E-state index in [1.807, 2.05) is 30.3 Å². The Labute approximate surface area is 149 Å².